The maximum absolute atomic E-state index is 15.1. The highest BCUT2D eigenvalue weighted by atomic mass is 35.5. The molecular weight excluding hydrogens is 540 g/mol. The molecule has 4 atom stereocenters. The van der Waals surface area contributed by atoms with E-state index in [2.05, 4.69) is 20.6 Å². The van der Waals surface area contributed by atoms with Crippen LogP contribution in [0, 0.1) is 0 Å². The van der Waals surface area contributed by atoms with Gasteiger partial charge in [0.1, 0.15) is 23.0 Å². The number of aliphatic hydroxyl groups excluding tert-OH is 1. The lowest BCUT2D eigenvalue weighted by Gasteiger charge is -2.37. The van der Waals surface area contributed by atoms with E-state index in [9.17, 15) is 9.90 Å². The molecule has 1 unspecified atom stereocenters. The molecule has 0 radical (unpaired) electrons. The SMILES string of the molecule is COc1ccc2nccc([C@H](O)CN3CC[C@H](NCC4Sc5cccnc5NC4=O)[C@H](F)C3)c2c1.Cl.Cl. The number of amides is 1. The number of nitrogens with zero attached hydrogens (tertiary/aromatic N) is 3. The second-order valence-corrected chi connectivity index (χ2v) is 10.1. The van der Waals surface area contributed by atoms with E-state index in [4.69, 9.17) is 4.74 Å². The van der Waals surface area contributed by atoms with Gasteiger partial charge in [-0.15, -0.1) is 36.6 Å². The third-order valence-electron chi connectivity index (χ3n) is 6.54. The number of hydrogen-bond donors (Lipinski definition) is 3. The number of benzene rings is 1. The summed E-state index contributed by atoms with van der Waals surface area (Å²) in [6.07, 6.45) is 2.03. The summed E-state index contributed by atoms with van der Waals surface area (Å²) in [5, 5.41) is 17.5. The standard InChI is InChI=1S/C25H28FN5O3S.2ClH/c1-34-15-4-5-19-17(11-15)16(6-9-27-19)21(32)14-31-10-7-20(18(26)13-31)29-12-23-25(33)30-24-22(35-23)3-2-8-28-24;;/h2-6,8-9,11,18,20-21,23,29,32H,7,10,12-14H2,1H3,(H,28,30,33);2*1H/t18-,20+,21-,23?;;/m1../s1. The molecule has 200 valence electrons. The number of fused-ring (bicyclic) bond motifs is 2. The Bertz CT molecular complexity index is 1230. The van der Waals surface area contributed by atoms with Gasteiger partial charge in [0.05, 0.1) is 23.6 Å². The molecule has 1 fully saturated rings. The van der Waals surface area contributed by atoms with Gasteiger partial charge in [-0.3, -0.25) is 14.7 Å². The van der Waals surface area contributed by atoms with Crippen LogP contribution in [0.15, 0.2) is 53.7 Å². The topological polar surface area (TPSA) is 99.6 Å². The van der Waals surface area contributed by atoms with Crippen LogP contribution in [-0.4, -0.2) is 76.6 Å². The van der Waals surface area contributed by atoms with Crippen LogP contribution in [0.25, 0.3) is 10.9 Å². The van der Waals surface area contributed by atoms with E-state index in [1.807, 2.05) is 35.2 Å². The van der Waals surface area contributed by atoms with Crippen molar-refractivity contribution in [3.63, 3.8) is 0 Å². The Morgan fingerprint density at radius 3 is 2.89 bits per heavy atom. The fourth-order valence-corrected chi connectivity index (χ4v) is 5.67. The first-order valence-electron chi connectivity index (χ1n) is 11.6. The van der Waals surface area contributed by atoms with E-state index in [1.165, 1.54) is 11.8 Å². The quantitative estimate of drug-likeness (QED) is 0.396. The minimum atomic E-state index is -1.10. The summed E-state index contributed by atoms with van der Waals surface area (Å²) in [6.45, 7) is 1.58. The monoisotopic (exact) mass is 569 g/mol. The molecule has 2 aromatic heterocycles. The minimum Gasteiger partial charge on any atom is -0.497 e. The van der Waals surface area contributed by atoms with Crippen molar-refractivity contribution < 1.29 is 19.0 Å². The zero-order valence-electron chi connectivity index (χ0n) is 20.2. The number of alkyl halides is 1. The van der Waals surface area contributed by atoms with Gasteiger partial charge in [0.25, 0.3) is 0 Å². The highest BCUT2D eigenvalue weighted by Crippen LogP contribution is 2.34. The molecule has 0 aliphatic carbocycles. The van der Waals surface area contributed by atoms with Gasteiger partial charge in [-0.2, -0.15) is 0 Å². The average molecular weight is 571 g/mol. The molecule has 3 N–H and O–H groups in total. The number of carbonyl (C=O) groups is 1. The van der Waals surface area contributed by atoms with E-state index in [0.29, 0.717) is 37.6 Å². The van der Waals surface area contributed by atoms with Gasteiger partial charge in [-0.1, -0.05) is 0 Å². The van der Waals surface area contributed by atoms with Gasteiger partial charge in [0.15, 0.2) is 0 Å². The lowest BCUT2D eigenvalue weighted by Crippen LogP contribution is -2.53. The number of likely N-dealkylation sites (tertiary alicyclic amines) is 1. The molecule has 2 aliphatic heterocycles. The zero-order chi connectivity index (χ0) is 24.4. The Kier molecular flexibility index (Phi) is 10.3. The fourth-order valence-electron chi connectivity index (χ4n) is 4.65. The Labute approximate surface area is 231 Å². The van der Waals surface area contributed by atoms with Gasteiger partial charge in [-0.25, -0.2) is 9.37 Å². The molecule has 1 aromatic carbocycles. The highest BCUT2D eigenvalue weighted by molar-refractivity contribution is 8.01. The fraction of sp³-hybridized carbons (Fsp3) is 0.400. The van der Waals surface area contributed by atoms with E-state index in [1.54, 1.807) is 25.6 Å². The first-order chi connectivity index (χ1) is 17.0. The first-order valence-corrected chi connectivity index (χ1v) is 12.5. The van der Waals surface area contributed by atoms with Gasteiger partial charge in [0.2, 0.25) is 5.91 Å². The number of hydrogen-bond acceptors (Lipinski definition) is 8. The molecular formula is C25H30Cl2FN5O3S. The first kappa shape index (κ1) is 29.3. The lowest BCUT2D eigenvalue weighted by molar-refractivity contribution is -0.115. The molecule has 4 heterocycles. The Morgan fingerprint density at radius 2 is 2.11 bits per heavy atom. The van der Waals surface area contributed by atoms with Crippen molar-refractivity contribution in [1.29, 1.82) is 0 Å². The zero-order valence-corrected chi connectivity index (χ0v) is 22.6. The van der Waals surface area contributed by atoms with E-state index >= 15 is 4.39 Å². The van der Waals surface area contributed by atoms with Crippen LogP contribution in [-0.2, 0) is 4.79 Å². The largest absolute Gasteiger partial charge is 0.497 e. The number of aromatic nitrogens is 2. The number of aliphatic hydroxyl groups is 1. The molecule has 2 aliphatic rings. The number of pyridine rings is 2. The van der Waals surface area contributed by atoms with Crippen LogP contribution in [0.5, 0.6) is 5.75 Å². The van der Waals surface area contributed by atoms with Gasteiger partial charge in [-0.05, 0) is 54.9 Å². The Hall–Kier alpha value is -2.21. The Balaban J connectivity index is 0.00000190. The summed E-state index contributed by atoms with van der Waals surface area (Å²) >= 11 is 1.45. The van der Waals surface area contributed by atoms with Crippen LogP contribution < -0.4 is 15.4 Å². The van der Waals surface area contributed by atoms with Crippen LogP contribution in [0.1, 0.15) is 18.1 Å². The van der Waals surface area contributed by atoms with E-state index < -0.39 is 12.3 Å². The van der Waals surface area contributed by atoms with E-state index in [0.717, 1.165) is 21.4 Å². The summed E-state index contributed by atoms with van der Waals surface area (Å²) in [7, 11) is 1.60. The number of nitrogens with one attached hydrogen (secondary N) is 2. The second kappa shape index (κ2) is 13.0. The summed E-state index contributed by atoms with van der Waals surface area (Å²) in [5.74, 6) is 1.15. The summed E-state index contributed by atoms with van der Waals surface area (Å²) in [6, 6.07) is 10.8. The summed E-state index contributed by atoms with van der Waals surface area (Å²) in [5.41, 5.74) is 1.52. The molecule has 0 spiro atoms. The summed E-state index contributed by atoms with van der Waals surface area (Å²) < 4.78 is 20.4. The predicted molar refractivity (Wildman–Crippen MR) is 148 cm³/mol. The minimum absolute atomic E-state index is 0. The number of methoxy groups -OCH3 is 1. The number of anilines is 1. The number of piperidine rings is 1. The van der Waals surface area contributed by atoms with Crippen LogP contribution in [0.3, 0.4) is 0 Å². The molecule has 0 saturated carbocycles. The highest BCUT2D eigenvalue weighted by Gasteiger charge is 2.33. The molecule has 1 saturated heterocycles. The van der Waals surface area contributed by atoms with Crippen molar-refractivity contribution in [3.05, 3.63) is 54.4 Å². The normalized spacial score (nSPS) is 22.2. The van der Waals surface area contributed by atoms with Crippen LogP contribution in [0.2, 0.25) is 0 Å². The summed E-state index contributed by atoms with van der Waals surface area (Å²) in [4.78, 5) is 23.8. The van der Waals surface area contributed by atoms with Gasteiger partial charge in [0, 0.05) is 43.5 Å². The molecule has 8 nitrogen and oxygen atoms in total. The molecule has 12 heteroatoms. The number of rotatable bonds is 7. The number of ether oxygens (including phenoxy) is 1. The Morgan fingerprint density at radius 1 is 1.27 bits per heavy atom. The predicted octanol–water partition coefficient (Wildman–Crippen LogP) is 3.63. The third-order valence-corrected chi connectivity index (χ3v) is 7.79. The maximum atomic E-state index is 15.1. The number of halogens is 3. The van der Waals surface area contributed by atoms with Crippen molar-refractivity contribution in [2.24, 2.45) is 0 Å². The van der Waals surface area contributed by atoms with Crippen LogP contribution in [0.4, 0.5) is 10.2 Å². The number of β-amino-alcohol motifs (C(OH)–C–C–N with tert-alkyl or cyclic N) is 1. The lowest BCUT2D eigenvalue weighted by atomic mass is 10.00. The molecule has 0 bridgehead atoms. The van der Waals surface area contributed by atoms with Crippen molar-refractivity contribution in [1.82, 2.24) is 20.2 Å². The van der Waals surface area contributed by atoms with Crippen molar-refractivity contribution in [2.45, 2.75) is 34.9 Å². The van der Waals surface area contributed by atoms with E-state index in [-0.39, 0.29) is 48.6 Å². The smallest absolute Gasteiger partial charge is 0.240 e. The average Bonchev–Trinajstić information content (AvgIpc) is 2.87. The molecule has 3 aromatic rings. The number of thioether (sulfide) groups is 1. The third kappa shape index (κ3) is 6.63. The van der Waals surface area contributed by atoms with Crippen molar-refractivity contribution >= 4 is 59.2 Å². The molecule has 37 heavy (non-hydrogen) atoms. The molecule has 1 amide bonds. The second-order valence-electron chi connectivity index (χ2n) is 8.82. The number of carbonyl (C=O) groups excluding carboxylic acids is 1. The maximum Gasteiger partial charge on any atom is 0.240 e. The van der Waals surface area contributed by atoms with Gasteiger partial charge < -0.3 is 20.5 Å². The van der Waals surface area contributed by atoms with Crippen molar-refractivity contribution in [3.8, 4) is 5.75 Å². The van der Waals surface area contributed by atoms with Crippen molar-refractivity contribution in [2.75, 3.05) is 38.6 Å². The van der Waals surface area contributed by atoms with Crippen LogP contribution >= 0.6 is 36.6 Å². The van der Waals surface area contributed by atoms with Gasteiger partial charge >= 0.3 is 0 Å². The molecule has 5 rings (SSSR count).